The Balaban J connectivity index is 2.83. The first-order chi connectivity index (χ1) is 8.54. The van der Waals surface area contributed by atoms with Gasteiger partial charge >= 0.3 is 5.97 Å². The van der Waals surface area contributed by atoms with Gasteiger partial charge in [0.15, 0.2) is 15.0 Å². The van der Waals surface area contributed by atoms with Gasteiger partial charge in [-0.15, -0.1) is 11.3 Å². The molecule has 2 N–H and O–H groups in total. The number of nitrogens with one attached hydrogen (secondary N) is 1. The molecule has 1 aromatic rings. The van der Waals surface area contributed by atoms with E-state index in [1.807, 2.05) is 0 Å². The van der Waals surface area contributed by atoms with Crippen molar-refractivity contribution in [3.05, 3.63) is 11.1 Å². The van der Waals surface area contributed by atoms with Crippen molar-refractivity contribution >= 4 is 38.2 Å². The van der Waals surface area contributed by atoms with Crippen molar-refractivity contribution in [2.75, 3.05) is 11.6 Å². The van der Waals surface area contributed by atoms with Gasteiger partial charge in [0.1, 0.15) is 4.75 Å². The first kappa shape index (κ1) is 15.6. The Morgan fingerprint density at radius 2 is 2.05 bits per heavy atom. The number of aromatic nitrogens is 1. The highest BCUT2D eigenvalue weighted by atomic mass is 32.2. The van der Waals surface area contributed by atoms with E-state index in [4.69, 9.17) is 5.11 Å². The number of anilines is 1. The number of rotatable bonds is 5. The molecule has 0 radical (unpaired) electrons. The van der Waals surface area contributed by atoms with Crippen LogP contribution in [0.5, 0.6) is 0 Å². The molecule has 1 aromatic heterocycles. The topological polar surface area (TPSA) is 113 Å². The fourth-order valence-electron chi connectivity index (χ4n) is 1.02. The normalized spacial score (nSPS) is 12.2. The van der Waals surface area contributed by atoms with Crippen LogP contribution in [0.4, 0.5) is 5.13 Å². The molecule has 9 heteroatoms. The number of sulfone groups is 1. The number of carbonyl (C=O) groups excluding carboxylic acids is 1. The summed E-state index contributed by atoms with van der Waals surface area (Å²) < 4.78 is 21.4. The second-order valence-electron chi connectivity index (χ2n) is 4.45. The highest BCUT2D eigenvalue weighted by Gasteiger charge is 2.38. The summed E-state index contributed by atoms with van der Waals surface area (Å²) in [6, 6.07) is 0. The van der Waals surface area contributed by atoms with Crippen molar-refractivity contribution in [1.29, 1.82) is 0 Å². The molecule has 1 amide bonds. The Labute approximate surface area is 114 Å². The van der Waals surface area contributed by atoms with Crippen molar-refractivity contribution in [1.82, 2.24) is 4.98 Å². The van der Waals surface area contributed by atoms with Crippen LogP contribution in [0.2, 0.25) is 0 Å². The highest BCUT2D eigenvalue weighted by molar-refractivity contribution is 7.92. The maximum Gasteiger partial charge on any atom is 0.309 e. The van der Waals surface area contributed by atoms with Crippen molar-refractivity contribution < 1.29 is 23.1 Å². The molecule has 0 saturated carbocycles. The monoisotopic (exact) mass is 306 g/mol. The summed E-state index contributed by atoms with van der Waals surface area (Å²) in [6.07, 6.45) is 0.728. The molecule has 1 rings (SSSR count). The van der Waals surface area contributed by atoms with Crippen molar-refractivity contribution in [2.45, 2.75) is 25.0 Å². The van der Waals surface area contributed by atoms with E-state index in [9.17, 15) is 18.0 Å². The zero-order valence-corrected chi connectivity index (χ0v) is 12.3. The molecular formula is C10H14N2O5S2. The summed E-state index contributed by atoms with van der Waals surface area (Å²) in [5, 5.41) is 12.6. The van der Waals surface area contributed by atoms with Gasteiger partial charge in [0.2, 0.25) is 5.91 Å². The number of hydrogen-bond donors (Lipinski definition) is 2. The molecule has 0 aromatic carbocycles. The largest absolute Gasteiger partial charge is 0.481 e. The molecule has 0 aliphatic carbocycles. The van der Waals surface area contributed by atoms with E-state index in [0.717, 1.165) is 17.6 Å². The lowest BCUT2D eigenvalue weighted by Gasteiger charge is -2.20. The smallest absolute Gasteiger partial charge is 0.309 e. The molecule has 0 fully saturated rings. The Morgan fingerprint density at radius 1 is 1.47 bits per heavy atom. The summed E-state index contributed by atoms with van der Waals surface area (Å²) in [5.41, 5.74) is 0.310. The maximum atomic E-state index is 11.9. The number of aliphatic carboxylic acids is 1. The third-order valence-electron chi connectivity index (χ3n) is 2.58. The third kappa shape index (κ3) is 3.74. The van der Waals surface area contributed by atoms with Crippen molar-refractivity contribution in [3.8, 4) is 0 Å². The van der Waals surface area contributed by atoms with Crippen LogP contribution in [0.1, 0.15) is 19.5 Å². The maximum absolute atomic E-state index is 11.9. The van der Waals surface area contributed by atoms with E-state index in [0.29, 0.717) is 5.69 Å². The van der Waals surface area contributed by atoms with Crippen LogP contribution in [0, 0.1) is 0 Å². The van der Waals surface area contributed by atoms with Gasteiger partial charge in [-0.3, -0.25) is 9.59 Å². The number of thiazole rings is 1. The summed E-state index contributed by atoms with van der Waals surface area (Å²) in [6.45, 7) is 2.59. The molecule has 0 atom stereocenters. The van der Waals surface area contributed by atoms with E-state index in [1.165, 1.54) is 19.2 Å². The zero-order chi connectivity index (χ0) is 14.8. The standard InChI is InChI=1S/C10H14N2O5S2/c1-10(2,19(3,16)17)8(15)12-9-11-6(5-18-9)4-7(13)14/h5H,4H2,1-3H3,(H,13,14)(H,11,12,15). The average molecular weight is 306 g/mol. The van der Waals surface area contributed by atoms with Crippen LogP contribution >= 0.6 is 11.3 Å². The molecule has 19 heavy (non-hydrogen) atoms. The molecule has 0 saturated heterocycles. The average Bonchev–Trinajstić information content (AvgIpc) is 2.62. The number of carboxylic acids is 1. The molecule has 106 valence electrons. The Morgan fingerprint density at radius 3 is 2.53 bits per heavy atom. The van der Waals surface area contributed by atoms with Gasteiger partial charge < -0.3 is 10.4 Å². The van der Waals surface area contributed by atoms with Gasteiger partial charge in [0, 0.05) is 11.6 Å². The number of carboxylic acid groups (broad SMARTS) is 1. The van der Waals surface area contributed by atoms with Gasteiger partial charge in [-0.1, -0.05) is 0 Å². The van der Waals surface area contributed by atoms with Crippen LogP contribution in [-0.4, -0.2) is 41.4 Å². The Bertz CT molecular complexity index is 603. The summed E-state index contributed by atoms with van der Waals surface area (Å²) in [4.78, 5) is 26.3. The van der Waals surface area contributed by atoms with E-state index < -0.39 is 26.5 Å². The van der Waals surface area contributed by atoms with Gasteiger partial charge in [-0.05, 0) is 13.8 Å². The van der Waals surface area contributed by atoms with Crippen molar-refractivity contribution in [2.24, 2.45) is 0 Å². The quantitative estimate of drug-likeness (QED) is 0.820. The summed E-state index contributed by atoms with van der Waals surface area (Å²) >= 11 is 1.05. The van der Waals surface area contributed by atoms with E-state index >= 15 is 0 Å². The zero-order valence-electron chi connectivity index (χ0n) is 10.6. The van der Waals surface area contributed by atoms with Crippen LogP contribution in [0.25, 0.3) is 0 Å². The second-order valence-corrected chi connectivity index (χ2v) is 7.87. The SMILES string of the molecule is CC(C)(C(=O)Nc1nc(CC(=O)O)cs1)S(C)(=O)=O. The number of hydrogen-bond acceptors (Lipinski definition) is 6. The van der Waals surface area contributed by atoms with Crippen LogP contribution < -0.4 is 5.32 Å². The molecule has 1 heterocycles. The highest BCUT2D eigenvalue weighted by Crippen LogP contribution is 2.21. The molecule has 0 bridgehead atoms. The lowest BCUT2D eigenvalue weighted by atomic mass is 10.2. The van der Waals surface area contributed by atoms with Crippen LogP contribution in [0.3, 0.4) is 0 Å². The molecular weight excluding hydrogens is 292 g/mol. The van der Waals surface area contributed by atoms with Gasteiger partial charge in [-0.25, -0.2) is 13.4 Å². The van der Waals surface area contributed by atoms with Gasteiger partial charge in [0.25, 0.3) is 0 Å². The lowest BCUT2D eigenvalue weighted by molar-refractivity contribution is -0.136. The third-order valence-corrected chi connectivity index (χ3v) is 5.42. The van der Waals surface area contributed by atoms with E-state index in [1.54, 1.807) is 0 Å². The van der Waals surface area contributed by atoms with Crippen molar-refractivity contribution in [3.63, 3.8) is 0 Å². The number of carbonyl (C=O) groups is 2. The minimum Gasteiger partial charge on any atom is -0.481 e. The minimum absolute atomic E-state index is 0.179. The molecule has 0 unspecified atom stereocenters. The number of amides is 1. The predicted octanol–water partition coefficient (Wildman–Crippen LogP) is 0.532. The van der Waals surface area contributed by atoms with Crippen LogP contribution in [0.15, 0.2) is 5.38 Å². The number of nitrogens with zero attached hydrogens (tertiary/aromatic N) is 1. The first-order valence-electron chi connectivity index (χ1n) is 5.21. The molecule has 0 aliphatic rings. The van der Waals surface area contributed by atoms with E-state index in [2.05, 4.69) is 10.3 Å². The molecule has 7 nitrogen and oxygen atoms in total. The summed E-state index contributed by atoms with van der Waals surface area (Å²) in [7, 11) is -3.56. The van der Waals surface area contributed by atoms with Gasteiger partial charge in [-0.2, -0.15) is 0 Å². The van der Waals surface area contributed by atoms with E-state index in [-0.39, 0.29) is 11.6 Å². The molecule has 0 spiro atoms. The Kier molecular flexibility index (Phi) is 4.31. The van der Waals surface area contributed by atoms with Crippen LogP contribution in [-0.2, 0) is 25.8 Å². The minimum atomic E-state index is -3.56. The fraction of sp³-hybridized carbons (Fsp3) is 0.500. The second kappa shape index (κ2) is 5.25. The summed E-state index contributed by atoms with van der Waals surface area (Å²) in [5.74, 6) is -1.73. The lowest BCUT2D eigenvalue weighted by Crippen LogP contribution is -2.43. The Hall–Kier alpha value is -1.48. The fourth-order valence-corrected chi connectivity index (χ4v) is 2.11. The molecule has 0 aliphatic heterocycles. The first-order valence-corrected chi connectivity index (χ1v) is 7.98. The van der Waals surface area contributed by atoms with Gasteiger partial charge in [0.05, 0.1) is 12.1 Å². The predicted molar refractivity (Wildman–Crippen MR) is 71.0 cm³/mol.